The first-order chi connectivity index (χ1) is 7.24. The van der Waals surface area contributed by atoms with Gasteiger partial charge in [0.2, 0.25) is 0 Å². The topological polar surface area (TPSA) is 42.6 Å². The number of furan rings is 1. The van der Waals surface area contributed by atoms with Crippen LogP contribution in [0.25, 0.3) is 11.1 Å². The van der Waals surface area contributed by atoms with Gasteiger partial charge in [-0.15, -0.1) is 0 Å². The minimum absolute atomic E-state index is 0.177. The molecule has 78 valence electrons. The molecule has 0 spiro atoms. The number of aromatic hydroxyl groups is 1. The van der Waals surface area contributed by atoms with E-state index in [4.69, 9.17) is 9.15 Å². The molecular formula is C12H12O3. The fourth-order valence-corrected chi connectivity index (χ4v) is 1.57. The molecule has 0 fully saturated rings. The van der Waals surface area contributed by atoms with E-state index in [9.17, 15) is 5.11 Å². The van der Waals surface area contributed by atoms with Crippen LogP contribution in [0.1, 0.15) is 5.56 Å². The molecule has 0 saturated heterocycles. The molecule has 1 aromatic heterocycles. The molecule has 3 heteroatoms. The summed E-state index contributed by atoms with van der Waals surface area (Å²) >= 11 is 0. The monoisotopic (exact) mass is 204 g/mol. The molecule has 0 amide bonds. The molecule has 15 heavy (non-hydrogen) atoms. The molecule has 1 aromatic carbocycles. The average molecular weight is 204 g/mol. The van der Waals surface area contributed by atoms with E-state index in [-0.39, 0.29) is 5.75 Å². The summed E-state index contributed by atoms with van der Waals surface area (Å²) in [5.74, 6) is 0.663. The van der Waals surface area contributed by atoms with Gasteiger partial charge in [0, 0.05) is 11.1 Å². The molecule has 0 aliphatic rings. The van der Waals surface area contributed by atoms with Gasteiger partial charge in [0.15, 0.2) is 11.5 Å². The SMILES string of the molecule is COc1ccc(-c2ccoc2)c(C)c1O. The van der Waals surface area contributed by atoms with Crippen LogP contribution in [0.5, 0.6) is 11.5 Å². The van der Waals surface area contributed by atoms with E-state index in [0.717, 1.165) is 16.7 Å². The lowest BCUT2D eigenvalue weighted by molar-refractivity contribution is 0.372. The molecular weight excluding hydrogens is 192 g/mol. The summed E-state index contributed by atoms with van der Waals surface area (Å²) in [6, 6.07) is 5.50. The first-order valence-corrected chi connectivity index (χ1v) is 4.63. The normalized spacial score (nSPS) is 10.3. The van der Waals surface area contributed by atoms with Crippen molar-refractivity contribution in [2.45, 2.75) is 6.92 Å². The zero-order chi connectivity index (χ0) is 10.8. The Hall–Kier alpha value is -1.90. The highest BCUT2D eigenvalue weighted by atomic mass is 16.5. The lowest BCUT2D eigenvalue weighted by atomic mass is 10.0. The summed E-state index contributed by atoms with van der Waals surface area (Å²) in [7, 11) is 1.53. The van der Waals surface area contributed by atoms with Crippen LogP contribution < -0.4 is 4.74 Å². The Balaban J connectivity index is 2.56. The van der Waals surface area contributed by atoms with E-state index in [1.165, 1.54) is 7.11 Å². The number of rotatable bonds is 2. The Morgan fingerprint density at radius 1 is 1.27 bits per heavy atom. The molecule has 0 aliphatic carbocycles. The largest absolute Gasteiger partial charge is 0.504 e. The van der Waals surface area contributed by atoms with Gasteiger partial charge in [-0.05, 0) is 24.6 Å². The van der Waals surface area contributed by atoms with E-state index < -0.39 is 0 Å². The predicted octanol–water partition coefficient (Wildman–Crippen LogP) is 2.97. The molecule has 3 nitrogen and oxygen atoms in total. The standard InChI is InChI=1S/C12H12O3/c1-8-10(9-5-6-15-7-9)3-4-11(14-2)12(8)13/h3-7,13H,1-2H3. The number of phenolic OH excluding ortho intramolecular Hbond substituents is 1. The summed E-state index contributed by atoms with van der Waals surface area (Å²) < 4.78 is 10.0. The number of benzene rings is 1. The van der Waals surface area contributed by atoms with Crippen molar-refractivity contribution in [1.82, 2.24) is 0 Å². The zero-order valence-electron chi connectivity index (χ0n) is 8.65. The molecule has 0 unspecified atom stereocenters. The summed E-state index contributed by atoms with van der Waals surface area (Å²) in [6.07, 6.45) is 3.25. The minimum atomic E-state index is 0.177. The number of hydrogen-bond donors (Lipinski definition) is 1. The number of hydrogen-bond acceptors (Lipinski definition) is 3. The predicted molar refractivity (Wildman–Crippen MR) is 57.1 cm³/mol. The van der Waals surface area contributed by atoms with Crippen LogP contribution >= 0.6 is 0 Å². The van der Waals surface area contributed by atoms with Crippen molar-refractivity contribution in [2.75, 3.05) is 7.11 Å². The molecule has 0 atom stereocenters. The highest BCUT2D eigenvalue weighted by molar-refractivity contribution is 5.70. The van der Waals surface area contributed by atoms with Gasteiger partial charge in [0.1, 0.15) is 0 Å². The Morgan fingerprint density at radius 3 is 2.67 bits per heavy atom. The second-order valence-corrected chi connectivity index (χ2v) is 3.30. The maximum atomic E-state index is 9.82. The second kappa shape index (κ2) is 3.69. The van der Waals surface area contributed by atoms with Crippen molar-refractivity contribution < 1.29 is 14.3 Å². The molecule has 0 bridgehead atoms. The maximum absolute atomic E-state index is 9.82. The van der Waals surface area contributed by atoms with Crippen molar-refractivity contribution in [3.63, 3.8) is 0 Å². The number of ether oxygens (including phenoxy) is 1. The van der Waals surface area contributed by atoms with Crippen molar-refractivity contribution in [2.24, 2.45) is 0 Å². The van der Waals surface area contributed by atoms with Crippen LogP contribution in [0.4, 0.5) is 0 Å². The van der Waals surface area contributed by atoms with Gasteiger partial charge in [-0.1, -0.05) is 6.07 Å². The fourth-order valence-electron chi connectivity index (χ4n) is 1.57. The Morgan fingerprint density at radius 2 is 2.07 bits per heavy atom. The minimum Gasteiger partial charge on any atom is -0.504 e. The Kier molecular flexibility index (Phi) is 2.37. The van der Waals surface area contributed by atoms with Gasteiger partial charge >= 0.3 is 0 Å². The first kappa shape index (κ1) is 9.65. The molecule has 0 radical (unpaired) electrons. The molecule has 1 N–H and O–H groups in total. The molecule has 0 aliphatic heterocycles. The van der Waals surface area contributed by atoms with E-state index >= 15 is 0 Å². The third kappa shape index (κ3) is 1.56. The summed E-state index contributed by atoms with van der Waals surface area (Å²) in [4.78, 5) is 0. The van der Waals surface area contributed by atoms with Crippen LogP contribution in [0.15, 0.2) is 35.1 Å². The van der Waals surface area contributed by atoms with Crippen LogP contribution in [0.2, 0.25) is 0 Å². The molecule has 1 heterocycles. The Labute approximate surface area is 87.9 Å². The van der Waals surface area contributed by atoms with Gasteiger partial charge in [-0.3, -0.25) is 0 Å². The van der Waals surface area contributed by atoms with E-state index in [0.29, 0.717) is 5.75 Å². The van der Waals surface area contributed by atoms with Crippen LogP contribution in [0.3, 0.4) is 0 Å². The van der Waals surface area contributed by atoms with Gasteiger partial charge in [0.25, 0.3) is 0 Å². The zero-order valence-corrected chi connectivity index (χ0v) is 8.65. The van der Waals surface area contributed by atoms with E-state index in [1.807, 2.05) is 19.1 Å². The highest BCUT2D eigenvalue weighted by Crippen LogP contribution is 2.36. The third-order valence-electron chi connectivity index (χ3n) is 2.45. The van der Waals surface area contributed by atoms with Crippen LogP contribution in [0, 0.1) is 6.92 Å². The van der Waals surface area contributed by atoms with Gasteiger partial charge in [0.05, 0.1) is 19.6 Å². The summed E-state index contributed by atoms with van der Waals surface area (Å²) in [6.45, 7) is 1.85. The Bertz CT molecular complexity index is 458. The maximum Gasteiger partial charge on any atom is 0.161 e. The van der Waals surface area contributed by atoms with Gasteiger partial charge in [-0.2, -0.15) is 0 Å². The van der Waals surface area contributed by atoms with Crippen molar-refractivity contribution in [3.8, 4) is 22.6 Å². The van der Waals surface area contributed by atoms with Crippen molar-refractivity contribution in [3.05, 3.63) is 36.3 Å². The summed E-state index contributed by atoms with van der Waals surface area (Å²) in [5, 5.41) is 9.82. The highest BCUT2D eigenvalue weighted by Gasteiger charge is 2.10. The van der Waals surface area contributed by atoms with Gasteiger partial charge in [-0.25, -0.2) is 0 Å². The van der Waals surface area contributed by atoms with Gasteiger partial charge < -0.3 is 14.3 Å². The molecule has 0 saturated carbocycles. The van der Waals surface area contributed by atoms with Crippen LogP contribution in [-0.2, 0) is 0 Å². The smallest absolute Gasteiger partial charge is 0.161 e. The quantitative estimate of drug-likeness (QED) is 0.817. The second-order valence-electron chi connectivity index (χ2n) is 3.30. The van der Waals surface area contributed by atoms with Crippen molar-refractivity contribution in [1.29, 1.82) is 0 Å². The molecule has 2 aromatic rings. The number of phenols is 1. The summed E-state index contributed by atoms with van der Waals surface area (Å²) in [5.41, 5.74) is 2.68. The fraction of sp³-hybridized carbons (Fsp3) is 0.167. The lowest BCUT2D eigenvalue weighted by Crippen LogP contribution is -1.88. The van der Waals surface area contributed by atoms with Crippen molar-refractivity contribution >= 4 is 0 Å². The lowest BCUT2D eigenvalue weighted by Gasteiger charge is -2.09. The average Bonchev–Trinajstić information content (AvgIpc) is 2.75. The molecule has 2 rings (SSSR count). The van der Waals surface area contributed by atoms with E-state index in [2.05, 4.69) is 0 Å². The van der Waals surface area contributed by atoms with Crippen LogP contribution in [-0.4, -0.2) is 12.2 Å². The third-order valence-corrected chi connectivity index (χ3v) is 2.45. The van der Waals surface area contributed by atoms with E-state index in [1.54, 1.807) is 18.6 Å². The first-order valence-electron chi connectivity index (χ1n) is 4.63. The number of methoxy groups -OCH3 is 1.